The van der Waals surface area contributed by atoms with Gasteiger partial charge in [-0.25, -0.2) is 0 Å². The Morgan fingerprint density at radius 2 is 0.589 bits per heavy atom. The highest BCUT2D eigenvalue weighted by atomic mass is 16.5. The van der Waals surface area contributed by atoms with Crippen LogP contribution in [-0.2, 0) is 19.1 Å². The van der Waals surface area contributed by atoms with E-state index in [1.807, 2.05) is 0 Å². The summed E-state index contributed by atoms with van der Waals surface area (Å²) in [7, 11) is 0. The highest BCUT2D eigenvalue weighted by molar-refractivity contribution is 5.69. The predicted molar refractivity (Wildman–Crippen MR) is 246 cm³/mol. The van der Waals surface area contributed by atoms with Crippen LogP contribution >= 0.6 is 0 Å². The lowest BCUT2D eigenvalue weighted by Crippen LogP contribution is -2.18. The lowest BCUT2D eigenvalue weighted by Gasteiger charge is -2.18. The maximum absolute atomic E-state index is 12.7. The second-order valence-corrected chi connectivity index (χ2v) is 18.0. The van der Waals surface area contributed by atoms with E-state index in [0.29, 0.717) is 25.4 Å². The molecule has 0 aliphatic rings. The molecule has 0 aromatic carbocycles. The van der Waals surface area contributed by atoms with Crippen LogP contribution in [0.25, 0.3) is 0 Å². The Kier molecular flexibility index (Phi) is 45.7. The van der Waals surface area contributed by atoms with Gasteiger partial charge in [0.25, 0.3) is 0 Å². The van der Waals surface area contributed by atoms with Gasteiger partial charge in [0.2, 0.25) is 0 Å². The number of ether oxygens (including phenoxy) is 2. The Balaban J connectivity index is 4.17. The fraction of sp³-hybridized carbons (Fsp3) is 0.962. The quantitative estimate of drug-likeness (QED) is 0.0455. The Morgan fingerprint density at radius 1 is 0.321 bits per heavy atom. The van der Waals surface area contributed by atoms with Crippen molar-refractivity contribution in [3.8, 4) is 0 Å². The largest absolute Gasteiger partial charge is 0.465 e. The minimum absolute atomic E-state index is 0.0277. The van der Waals surface area contributed by atoms with Crippen LogP contribution in [0, 0.1) is 5.92 Å². The zero-order valence-electron chi connectivity index (χ0n) is 38.9. The van der Waals surface area contributed by atoms with Gasteiger partial charge in [-0.05, 0) is 57.3 Å². The van der Waals surface area contributed by atoms with E-state index in [1.165, 1.54) is 218 Å². The molecular formula is C52H102O4. The third-order valence-electron chi connectivity index (χ3n) is 12.2. The van der Waals surface area contributed by atoms with Gasteiger partial charge < -0.3 is 9.47 Å². The average molecular weight is 791 g/mol. The first kappa shape index (κ1) is 54.9. The van der Waals surface area contributed by atoms with Crippen molar-refractivity contribution in [3.05, 3.63) is 0 Å². The monoisotopic (exact) mass is 791 g/mol. The molecule has 0 heterocycles. The van der Waals surface area contributed by atoms with Crippen molar-refractivity contribution in [2.24, 2.45) is 5.92 Å². The van der Waals surface area contributed by atoms with Crippen LogP contribution in [0.5, 0.6) is 0 Å². The summed E-state index contributed by atoms with van der Waals surface area (Å²) in [4.78, 5) is 25.3. The van der Waals surface area contributed by atoms with Gasteiger partial charge in [0, 0.05) is 12.8 Å². The van der Waals surface area contributed by atoms with E-state index in [9.17, 15) is 9.59 Å². The minimum Gasteiger partial charge on any atom is -0.465 e. The number of hydrogen-bond acceptors (Lipinski definition) is 4. The molecule has 0 fully saturated rings. The van der Waals surface area contributed by atoms with Crippen molar-refractivity contribution in [1.82, 2.24) is 0 Å². The van der Waals surface area contributed by atoms with E-state index in [1.54, 1.807) is 0 Å². The van der Waals surface area contributed by atoms with Crippen LogP contribution in [0.4, 0.5) is 0 Å². The molecule has 0 amide bonds. The van der Waals surface area contributed by atoms with Gasteiger partial charge in [0.1, 0.15) is 6.10 Å². The molecule has 0 N–H and O–H groups in total. The molecule has 1 unspecified atom stereocenters. The summed E-state index contributed by atoms with van der Waals surface area (Å²) in [6, 6.07) is 0. The third kappa shape index (κ3) is 42.5. The highest BCUT2D eigenvalue weighted by Crippen LogP contribution is 2.22. The molecule has 4 nitrogen and oxygen atoms in total. The molecule has 0 aromatic rings. The van der Waals surface area contributed by atoms with Gasteiger partial charge in [-0.15, -0.1) is 0 Å². The van der Waals surface area contributed by atoms with E-state index in [2.05, 4.69) is 27.7 Å². The molecule has 0 aliphatic carbocycles. The van der Waals surface area contributed by atoms with Gasteiger partial charge in [0.05, 0.1) is 6.61 Å². The van der Waals surface area contributed by atoms with Crippen molar-refractivity contribution in [2.45, 2.75) is 310 Å². The molecule has 0 saturated carbocycles. The number of rotatable bonds is 47. The molecule has 0 aromatic heterocycles. The van der Waals surface area contributed by atoms with Crippen molar-refractivity contribution in [1.29, 1.82) is 0 Å². The Morgan fingerprint density at radius 3 is 0.946 bits per heavy atom. The Bertz CT molecular complexity index is 761. The van der Waals surface area contributed by atoms with Crippen LogP contribution < -0.4 is 0 Å². The molecule has 0 spiro atoms. The predicted octanol–water partition coefficient (Wildman–Crippen LogP) is 17.9. The lowest BCUT2D eigenvalue weighted by molar-refractivity contribution is -0.150. The van der Waals surface area contributed by atoms with Crippen molar-refractivity contribution < 1.29 is 19.1 Å². The smallest absolute Gasteiger partial charge is 0.306 e. The van der Waals surface area contributed by atoms with Crippen LogP contribution in [0.15, 0.2) is 0 Å². The molecule has 4 heteroatoms. The molecule has 56 heavy (non-hydrogen) atoms. The van der Waals surface area contributed by atoms with Crippen LogP contribution in [0.1, 0.15) is 304 Å². The van der Waals surface area contributed by atoms with Crippen LogP contribution in [0.3, 0.4) is 0 Å². The fourth-order valence-corrected chi connectivity index (χ4v) is 8.32. The standard InChI is InChI=1S/C52H102O4/c1-5-9-13-17-20-23-30-35-41-47-52(54)56-50(44-38-16-12-8-4)45-39-33-28-24-25-29-34-40-46-51(53)55-48-49(42-36-31-26-21-18-14-10-6-2)43-37-32-27-22-19-15-11-7-3/h49-50H,5-48H2,1-4H3. The molecule has 334 valence electrons. The van der Waals surface area contributed by atoms with Gasteiger partial charge in [-0.2, -0.15) is 0 Å². The summed E-state index contributed by atoms with van der Waals surface area (Å²) in [5.74, 6) is 0.613. The van der Waals surface area contributed by atoms with Gasteiger partial charge in [0.15, 0.2) is 0 Å². The molecule has 0 aliphatic heterocycles. The normalized spacial score (nSPS) is 12.1. The van der Waals surface area contributed by atoms with Crippen molar-refractivity contribution in [2.75, 3.05) is 6.61 Å². The van der Waals surface area contributed by atoms with E-state index in [-0.39, 0.29) is 18.0 Å². The van der Waals surface area contributed by atoms with Crippen LogP contribution in [0.2, 0.25) is 0 Å². The first-order valence-electron chi connectivity index (χ1n) is 25.9. The maximum Gasteiger partial charge on any atom is 0.306 e. The molecular weight excluding hydrogens is 689 g/mol. The fourth-order valence-electron chi connectivity index (χ4n) is 8.32. The highest BCUT2D eigenvalue weighted by Gasteiger charge is 2.15. The van der Waals surface area contributed by atoms with E-state index < -0.39 is 0 Å². The summed E-state index contributed by atoms with van der Waals surface area (Å²) in [6.45, 7) is 9.74. The number of carbonyl (C=O) groups excluding carboxylic acids is 2. The second kappa shape index (κ2) is 46.6. The summed E-state index contributed by atoms with van der Waals surface area (Å²) in [5, 5.41) is 0. The zero-order chi connectivity index (χ0) is 40.8. The minimum atomic E-state index is 0.0277. The molecule has 0 radical (unpaired) electrons. The Labute approximate surface area is 352 Å². The number of unbranched alkanes of at least 4 members (excludes halogenated alkanes) is 32. The molecule has 0 saturated heterocycles. The van der Waals surface area contributed by atoms with E-state index in [4.69, 9.17) is 9.47 Å². The topological polar surface area (TPSA) is 52.6 Å². The number of esters is 2. The third-order valence-corrected chi connectivity index (χ3v) is 12.2. The summed E-state index contributed by atoms with van der Waals surface area (Å²) < 4.78 is 11.9. The number of hydrogen-bond donors (Lipinski definition) is 0. The average Bonchev–Trinajstić information content (AvgIpc) is 3.20. The first-order chi connectivity index (χ1) is 27.6. The summed E-state index contributed by atoms with van der Waals surface area (Å²) >= 11 is 0. The van der Waals surface area contributed by atoms with Gasteiger partial charge in [-0.1, -0.05) is 240 Å². The second-order valence-electron chi connectivity index (χ2n) is 18.0. The lowest BCUT2D eigenvalue weighted by atomic mass is 9.94. The van der Waals surface area contributed by atoms with Crippen molar-refractivity contribution in [3.63, 3.8) is 0 Å². The summed E-state index contributed by atoms with van der Waals surface area (Å²) in [6.07, 6.45) is 53.4. The van der Waals surface area contributed by atoms with Crippen LogP contribution in [-0.4, -0.2) is 24.6 Å². The van der Waals surface area contributed by atoms with Gasteiger partial charge in [-0.3, -0.25) is 9.59 Å². The SMILES string of the molecule is CCCCCCCCCCCC(=O)OC(CCCCCC)CCCCCCCCCCC(=O)OCC(CCCCCCCCCC)CCCCCCCCCC. The van der Waals surface area contributed by atoms with Crippen molar-refractivity contribution >= 4 is 11.9 Å². The molecule has 0 rings (SSSR count). The Hall–Kier alpha value is -1.06. The first-order valence-corrected chi connectivity index (χ1v) is 25.9. The maximum atomic E-state index is 12.7. The number of carbonyl (C=O) groups is 2. The van der Waals surface area contributed by atoms with E-state index >= 15 is 0 Å². The molecule has 0 bridgehead atoms. The molecule has 1 atom stereocenters. The zero-order valence-corrected chi connectivity index (χ0v) is 38.9. The van der Waals surface area contributed by atoms with E-state index in [0.717, 1.165) is 44.9 Å². The summed E-state index contributed by atoms with van der Waals surface area (Å²) in [5.41, 5.74) is 0. The van der Waals surface area contributed by atoms with Gasteiger partial charge >= 0.3 is 11.9 Å².